The van der Waals surface area contributed by atoms with Gasteiger partial charge in [-0.25, -0.2) is 9.37 Å². The fraction of sp³-hybridized carbons (Fsp3) is 0.0968. The summed E-state index contributed by atoms with van der Waals surface area (Å²) in [6.45, 7) is 0.467. The Morgan fingerprint density at radius 1 is 0.857 bits per heavy atom. The maximum Gasteiger partial charge on any atom is 0.270 e. The molecule has 3 heterocycles. The van der Waals surface area contributed by atoms with Gasteiger partial charge in [0.1, 0.15) is 17.3 Å². The van der Waals surface area contributed by atoms with Crippen molar-refractivity contribution in [2.45, 2.75) is 13.1 Å². The van der Waals surface area contributed by atoms with Crippen molar-refractivity contribution in [1.82, 2.24) is 20.6 Å². The van der Waals surface area contributed by atoms with Gasteiger partial charge >= 0.3 is 0 Å². The number of benzene rings is 3. The number of nitrogens with zero attached hydrogens (tertiary/aromatic N) is 2. The minimum atomic E-state index is -0.444. The van der Waals surface area contributed by atoms with Crippen molar-refractivity contribution in [2.24, 2.45) is 0 Å². The van der Waals surface area contributed by atoms with Crippen molar-refractivity contribution in [1.29, 1.82) is 0 Å². The quantitative estimate of drug-likeness (QED) is 0.229. The SMILES string of the molecule is O=C(NCc1ccc(-c2ccc(CNC(=O)c3scnc3Oc3ccc4c(c3)OCO4)c(F)c2)cc1)c1ccccn1. The standard InChI is InChI=1S/C31H23FN4O5S/c32-24-13-21(20-6-4-19(5-7-20)15-34-29(37)25-3-1-2-12-33-25)8-9-22(24)16-35-30(38)28-31(36-17-42-28)41-23-10-11-26-27(14-23)40-18-39-26/h1-14,17H,15-16,18H2,(H,34,37)(H,35,38). The Balaban J connectivity index is 1.05. The molecule has 9 nitrogen and oxygen atoms in total. The van der Waals surface area contributed by atoms with Gasteiger partial charge in [-0.3, -0.25) is 14.6 Å². The Hall–Kier alpha value is -5.29. The van der Waals surface area contributed by atoms with Gasteiger partial charge in [0.05, 0.1) is 5.51 Å². The second-order valence-corrected chi connectivity index (χ2v) is 10.0. The first kappa shape index (κ1) is 26.9. The van der Waals surface area contributed by atoms with Crippen LogP contribution in [-0.2, 0) is 13.1 Å². The van der Waals surface area contributed by atoms with Gasteiger partial charge in [0.2, 0.25) is 12.7 Å². The number of carbonyl (C=O) groups is 2. The molecular formula is C31H23FN4O5S. The van der Waals surface area contributed by atoms with E-state index in [9.17, 15) is 14.0 Å². The highest BCUT2D eigenvalue weighted by Crippen LogP contribution is 2.37. The van der Waals surface area contributed by atoms with E-state index in [1.807, 2.05) is 24.3 Å². The van der Waals surface area contributed by atoms with Crippen molar-refractivity contribution in [3.05, 3.63) is 118 Å². The number of hydrogen-bond donors (Lipinski definition) is 2. The van der Waals surface area contributed by atoms with Crippen molar-refractivity contribution in [3.63, 3.8) is 0 Å². The van der Waals surface area contributed by atoms with Gasteiger partial charge in [-0.15, -0.1) is 11.3 Å². The molecule has 0 fully saturated rings. The first-order valence-electron chi connectivity index (χ1n) is 12.9. The van der Waals surface area contributed by atoms with E-state index in [1.165, 1.54) is 11.6 Å². The number of carbonyl (C=O) groups excluding carboxylic acids is 2. The Morgan fingerprint density at radius 2 is 1.67 bits per heavy atom. The van der Waals surface area contributed by atoms with Gasteiger partial charge in [0.15, 0.2) is 16.4 Å². The molecule has 0 radical (unpaired) electrons. The number of ether oxygens (including phenoxy) is 3. The van der Waals surface area contributed by atoms with E-state index < -0.39 is 11.7 Å². The zero-order chi connectivity index (χ0) is 28.9. The second kappa shape index (κ2) is 12.1. The van der Waals surface area contributed by atoms with Gasteiger partial charge in [0, 0.05) is 30.9 Å². The van der Waals surface area contributed by atoms with Crippen LogP contribution in [0.15, 0.2) is 90.6 Å². The summed E-state index contributed by atoms with van der Waals surface area (Å²) in [6.07, 6.45) is 1.57. The topological polar surface area (TPSA) is 112 Å². The van der Waals surface area contributed by atoms with Crippen LogP contribution in [-0.4, -0.2) is 28.6 Å². The fourth-order valence-electron chi connectivity index (χ4n) is 4.22. The summed E-state index contributed by atoms with van der Waals surface area (Å²) in [7, 11) is 0. The summed E-state index contributed by atoms with van der Waals surface area (Å²) >= 11 is 1.12. The third-order valence-electron chi connectivity index (χ3n) is 6.43. The van der Waals surface area contributed by atoms with Crippen molar-refractivity contribution < 1.29 is 28.2 Å². The summed E-state index contributed by atoms with van der Waals surface area (Å²) in [4.78, 5) is 33.5. The van der Waals surface area contributed by atoms with Crippen LogP contribution in [0.1, 0.15) is 31.3 Å². The minimum absolute atomic E-state index is 0.0127. The van der Waals surface area contributed by atoms with Crippen molar-refractivity contribution in [3.8, 4) is 34.3 Å². The van der Waals surface area contributed by atoms with Gasteiger partial charge < -0.3 is 24.8 Å². The molecule has 3 aromatic carbocycles. The number of amides is 2. The lowest BCUT2D eigenvalue weighted by molar-refractivity contribution is 0.0940. The molecule has 0 saturated heterocycles. The van der Waals surface area contributed by atoms with E-state index in [-0.39, 0.29) is 30.0 Å². The Morgan fingerprint density at radius 3 is 2.48 bits per heavy atom. The molecule has 0 saturated carbocycles. The van der Waals surface area contributed by atoms with E-state index >= 15 is 0 Å². The highest BCUT2D eigenvalue weighted by molar-refractivity contribution is 7.12. The van der Waals surface area contributed by atoms with Crippen LogP contribution in [0.2, 0.25) is 0 Å². The highest BCUT2D eigenvalue weighted by atomic mass is 32.1. The number of fused-ring (bicyclic) bond motifs is 1. The number of rotatable bonds is 9. The molecule has 0 aliphatic carbocycles. The Kier molecular flexibility index (Phi) is 7.73. The number of nitrogens with one attached hydrogen (secondary N) is 2. The van der Waals surface area contributed by atoms with Gasteiger partial charge in [-0.1, -0.05) is 42.5 Å². The molecule has 11 heteroatoms. The van der Waals surface area contributed by atoms with Crippen molar-refractivity contribution >= 4 is 23.2 Å². The third-order valence-corrected chi connectivity index (χ3v) is 7.24. The maximum absolute atomic E-state index is 15.0. The van der Waals surface area contributed by atoms with E-state index in [0.717, 1.165) is 22.5 Å². The number of pyridine rings is 1. The third kappa shape index (κ3) is 6.06. The molecule has 2 aromatic heterocycles. The normalized spacial score (nSPS) is 11.6. The van der Waals surface area contributed by atoms with Crippen LogP contribution < -0.4 is 24.8 Å². The smallest absolute Gasteiger partial charge is 0.270 e. The Bertz CT molecular complexity index is 1740. The van der Waals surface area contributed by atoms with Crippen LogP contribution in [0.5, 0.6) is 23.1 Å². The molecule has 5 aromatic rings. The van der Waals surface area contributed by atoms with E-state index in [0.29, 0.717) is 40.6 Å². The van der Waals surface area contributed by atoms with Gasteiger partial charge in [-0.2, -0.15) is 0 Å². The maximum atomic E-state index is 15.0. The van der Waals surface area contributed by atoms with E-state index in [2.05, 4.69) is 20.6 Å². The van der Waals surface area contributed by atoms with E-state index in [1.54, 1.807) is 54.7 Å². The van der Waals surface area contributed by atoms with Gasteiger partial charge in [0.25, 0.3) is 11.8 Å². The monoisotopic (exact) mass is 582 g/mol. The lowest BCUT2D eigenvalue weighted by Crippen LogP contribution is -2.23. The molecule has 0 bridgehead atoms. The summed E-state index contributed by atoms with van der Waals surface area (Å²) in [5, 5.41) is 5.57. The molecule has 0 spiro atoms. The summed E-state index contributed by atoms with van der Waals surface area (Å²) in [5.74, 6) is 0.631. The summed E-state index contributed by atoms with van der Waals surface area (Å²) in [6, 6.07) is 22.6. The van der Waals surface area contributed by atoms with Crippen molar-refractivity contribution in [2.75, 3.05) is 6.79 Å². The first-order valence-corrected chi connectivity index (χ1v) is 13.8. The molecule has 6 rings (SSSR count). The predicted octanol–water partition coefficient (Wildman–Crippen LogP) is 5.73. The average Bonchev–Trinajstić information content (AvgIpc) is 3.69. The number of thiazole rings is 1. The number of halogens is 1. The molecule has 0 atom stereocenters. The summed E-state index contributed by atoms with van der Waals surface area (Å²) in [5.41, 5.74) is 4.60. The zero-order valence-corrected chi connectivity index (χ0v) is 22.8. The van der Waals surface area contributed by atoms with E-state index in [4.69, 9.17) is 14.2 Å². The molecule has 0 unspecified atom stereocenters. The number of hydrogen-bond acceptors (Lipinski definition) is 8. The second-order valence-electron chi connectivity index (χ2n) is 9.19. The number of aromatic nitrogens is 2. The van der Waals surface area contributed by atoms with Crippen LogP contribution in [0.25, 0.3) is 11.1 Å². The lowest BCUT2D eigenvalue weighted by atomic mass is 10.0. The average molecular weight is 583 g/mol. The molecule has 2 N–H and O–H groups in total. The predicted molar refractivity (Wildman–Crippen MR) is 153 cm³/mol. The molecule has 2 amide bonds. The van der Waals surface area contributed by atoms with Crippen LogP contribution in [0.4, 0.5) is 4.39 Å². The fourth-order valence-corrected chi connectivity index (χ4v) is 4.85. The summed E-state index contributed by atoms with van der Waals surface area (Å²) < 4.78 is 31.4. The minimum Gasteiger partial charge on any atom is -0.454 e. The Labute approximate surface area is 243 Å². The van der Waals surface area contributed by atoms with Crippen LogP contribution in [0, 0.1) is 5.82 Å². The molecule has 1 aliphatic rings. The largest absolute Gasteiger partial charge is 0.454 e. The van der Waals surface area contributed by atoms with Crippen LogP contribution in [0.3, 0.4) is 0 Å². The first-order chi connectivity index (χ1) is 20.5. The van der Waals surface area contributed by atoms with Crippen LogP contribution >= 0.6 is 11.3 Å². The molecule has 210 valence electrons. The lowest BCUT2D eigenvalue weighted by Gasteiger charge is -2.10. The molecular weight excluding hydrogens is 559 g/mol. The molecule has 42 heavy (non-hydrogen) atoms. The van der Waals surface area contributed by atoms with Gasteiger partial charge in [-0.05, 0) is 47.0 Å². The highest BCUT2D eigenvalue weighted by Gasteiger charge is 2.20. The zero-order valence-electron chi connectivity index (χ0n) is 22.0. The molecule has 1 aliphatic heterocycles.